The number of nitrogen functional groups attached to an aromatic ring is 1. The van der Waals surface area contributed by atoms with E-state index in [1.165, 1.54) is 0 Å². The lowest BCUT2D eigenvalue weighted by Crippen LogP contribution is -2.12. The molecule has 0 atom stereocenters. The molecule has 0 unspecified atom stereocenters. The standard InChI is InChI=1S/C7H5F3N2O2.C6H7N/c8-7(9,10)4-2-1-3(6(13)14)5(11)12-4;1-6-4-2-3-5-7-6/h1-2H,(H2,11,12)(H,13,14);2-5H,1H3. The van der Waals surface area contributed by atoms with Gasteiger partial charge in [0.2, 0.25) is 0 Å². The van der Waals surface area contributed by atoms with Crippen molar-refractivity contribution in [1.82, 2.24) is 9.97 Å². The first kappa shape index (κ1) is 16.4. The molecule has 0 fully saturated rings. The number of aromatic nitrogens is 2. The van der Waals surface area contributed by atoms with Gasteiger partial charge in [0.25, 0.3) is 0 Å². The van der Waals surface area contributed by atoms with E-state index in [1.807, 2.05) is 25.1 Å². The molecule has 2 heterocycles. The van der Waals surface area contributed by atoms with Crippen LogP contribution in [-0.2, 0) is 6.18 Å². The first-order valence-corrected chi connectivity index (χ1v) is 5.66. The number of anilines is 1. The molecule has 2 rings (SSSR count). The number of alkyl halides is 3. The van der Waals surface area contributed by atoms with Crippen molar-refractivity contribution < 1.29 is 23.1 Å². The maximum absolute atomic E-state index is 12.0. The number of aryl methyl sites for hydroxylation is 1. The van der Waals surface area contributed by atoms with E-state index < -0.39 is 29.2 Å². The van der Waals surface area contributed by atoms with E-state index in [0.29, 0.717) is 6.07 Å². The van der Waals surface area contributed by atoms with Gasteiger partial charge >= 0.3 is 12.1 Å². The second kappa shape index (κ2) is 6.69. The summed E-state index contributed by atoms with van der Waals surface area (Å²) in [4.78, 5) is 17.3. The summed E-state index contributed by atoms with van der Waals surface area (Å²) in [5.74, 6) is -2.06. The highest BCUT2D eigenvalue weighted by Gasteiger charge is 2.33. The van der Waals surface area contributed by atoms with Gasteiger partial charge in [-0.2, -0.15) is 13.2 Å². The molecular weight excluding hydrogens is 287 g/mol. The SMILES string of the molecule is Cc1ccccn1.Nc1nc(C(F)(F)F)ccc1C(=O)O. The van der Waals surface area contributed by atoms with Crippen molar-refractivity contribution in [3.8, 4) is 0 Å². The average Bonchev–Trinajstić information content (AvgIpc) is 2.38. The second-order valence-electron chi connectivity index (χ2n) is 3.90. The third kappa shape index (κ3) is 5.09. The van der Waals surface area contributed by atoms with Gasteiger partial charge in [-0.1, -0.05) is 6.07 Å². The summed E-state index contributed by atoms with van der Waals surface area (Å²) in [5, 5.41) is 8.46. The molecule has 0 aromatic carbocycles. The molecule has 3 N–H and O–H groups in total. The lowest BCUT2D eigenvalue weighted by molar-refractivity contribution is -0.141. The number of pyridine rings is 2. The van der Waals surface area contributed by atoms with Gasteiger partial charge in [0.1, 0.15) is 17.1 Å². The number of carbonyl (C=O) groups is 1. The van der Waals surface area contributed by atoms with Crippen LogP contribution in [0.25, 0.3) is 0 Å². The number of nitrogens with two attached hydrogens (primary N) is 1. The van der Waals surface area contributed by atoms with Crippen molar-refractivity contribution in [2.24, 2.45) is 0 Å². The van der Waals surface area contributed by atoms with Crippen LogP contribution in [-0.4, -0.2) is 21.0 Å². The number of halogens is 3. The summed E-state index contributed by atoms with van der Waals surface area (Å²) >= 11 is 0. The summed E-state index contributed by atoms with van der Waals surface area (Å²) in [5.41, 5.74) is 4.44. The van der Waals surface area contributed by atoms with Gasteiger partial charge in [0.15, 0.2) is 0 Å². The minimum atomic E-state index is -4.62. The molecule has 112 valence electrons. The number of rotatable bonds is 1. The molecule has 0 aliphatic rings. The summed E-state index contributed by atoms with van der Waals surface area (Å²) in [6.45, 7) is 1.97. The van der Waals surface area contributed by atoms with E-state index in [9.17, 15) is 18.0 Å². The van der Waals surface area contributed by atoms with Crippen LogP contribution in [0.1, 0.15) is 21.7 Å². The zero-order valence-electron chi connectivity index (χ0n) is 10.9. The van der Waals surface area contributed by atoms with E-state index in [2.05, 4.69) is 9.97 Å². The normalized spacial score (nSPS) is 10.5. The molecule has 21 heavy (non-hydrogen) atoms. The summed E-state index contributed by atoms with van der Waals surface area (Å²) < 4.78 is 36.1. The zero-order valence-corrected chi connectivity index (χ0v) is 10.9. The third-order valence-electron chi connectivity index (χ3n) is 2.26. The van der Waals surface area contributed by atoms with Crippen molar-refractivity contribution in [3.05, 3.63) is 53.5 Å². The lowest BCUT2D eigenvalue weighted by Gasteiger charge is -2.07. The largest absolute Gasteiger partial charge is 0.478 e. The summed E-state index contributed by atoms with van der Waals surface area (Å²) in [6, 6.07) is 7.20. The quantitative estimate of drug-likeness (QED) is 0.845. The fraction of sp³-hybridized carbons (Fsp3) is 0.154. The highest BCUT2D eigenvalue weighted by Crippen LogP contribution is 2.28. The predicted octanol–water partition coefficient (Wildman–Crippen LogP) is 2.77. The smallest absolute Gasteiger partial charge is 0.433 e. The minimum Gasteiger partial charge on any atom is -0.478 e. The molecule has 5 nitrogen and oxygen atoms in total. The van der Waals surface area contributed by atoms with Gasteiger partial charge in [-0.25, -0.2) is 9.78 Å². The Kier molecular flexibility index (Phi) is 5.23. The molecule has 0 spiro atoms. The highest BCUT2D eigenvalue weighted by atomic mass is 19.4. The number of nitrogens with zero attached hydrogens (tertiary/aromatic N) is 2. The van der Waals surface area contributed by atoms with Crippen LogP contribution in [0.15, 0.2) is 36.5 Å². The Morgan fingerprint density at radius 3 is 2.24 bits per heavy atom. The van der Waals surface area contributed by atoms with Crippen molar-refractivity contribution in [2.45, 2.75) is 13.1 Å². The van der Waals surface area contributed by atoms with Gasteiger partial charge < -0.3 is 10.8 Å². The third-order valence-corrected chi connectivity index (χ3v) is 2.26. The fourth-order valence-electron chi connectivity index (χ4n) is 1.26. The van der Waals surface area contributed by atoms with E-state index in [0.717, 1.165) is 11.8 Å². The Labute approximate surface area is 118 Å². The van der Waals surface area contributed by atoms with Crippen molar-refractivity contribution in [3.63, 3.8) is 0 Å². The number of aromatic carboxylic acids is 1. The second-order valence-corrected chi connectivity index (χ2v) is 3.90. The molecule has 0 saturated heterocycles. The van der Waals surface area contributed by atoms with Crippen LogP contribution in [0.4, 0.5) is 19.0 Å². The van der Waals surface area contributed by atoms with Gasteiger partial charge in [0, 0.05) is 11.9 Å². The molecule has 0 amide bonds. The number of carboxylic acid groups (broad SMARTS) is 1. The van der Waals surface area contributed by atoms with Crippen LogP contribution in [0.3, 0.4) is 0 Å². The average molecular weight is 299 g/mol. The van der Waals surface area contributed by atoms with Crippen molar-refractivity contribution >= 4 is 11.8 Å². The molecule has 8 heteroatoms. The van der Waals surface area contributed by atoms with Crippen LogP contribution >= 0.6 is 0 Å². The maximum Gasteiger partial charge on any atom is 0.433 e. The van der Waals surface area contributed by atoms with Gasteiger partial charge in [-0.05, 0) is 31.2 Å². The van der Waals surface area contributed by atoms with E-state index in [4.69, 9.17) is 10.8 Å². The number of carboxylic acids is 1. The Hall–Kier alpha value is -2.64. The molecule has 2 aromatic heterocycles. The van der Waals surface area contributed by atoms with E-state index >= 15 is 0 Å². The molecular formula is C13H12F3N3O2. The molecule has 0 bridgehead atoms. The van der Waals surface area contributed by atoms with Crippen LogP contribution in [0.2, 0.25) is 0 Å². The Bertz CT molecular complexity index is 616. The lowest BCUT2D eigenvalue weighted by atomic mass is 10.2. The van der Waals surface area contributed by atoms with Crippen LogP contribution in [0, 0.1) is 6.92 Å². The molecule has 0 aliphatic heterocycles. The van der Waals surface area contributed by atoms with Crippen molar-refractivity contribution in [2.75, 3.05) is 5.73 Å². The molecule has 0 aliphatic carbocycles. The monoisotopic (exact) mass is 299 g/mol. The molecule has 0 saturated carbocycles. The topological polar surface area (TPSA) is 89.1 Å². The first-order chi connectivity index (χ1) is 9.71. The number of hydrogen-bond donors (Lipinski definition) is 2. The van der Waals surface area contributed by atoms with Crippen LogP contribution in [0.5, 0.6) is 0 Å². The summed E-state index contributed by atoms with van der Waals surface area (Å²) in [7, 11) is 0. The Morgan fingerprint density at radius 2 is 1.90 bits per heavy atom. The van der Waals surface area contributed by atoms with E-state index in [1.54, 1.807) is 6.20 Å². The van der Waals surface area contributed by atoms with E-state index in [-0.39, 0.29) is 0 Å². The van der Waals surface area contributed by atoms with Gasteiger partial charge in [0.05, 0.1) is 0 Å². The Morgan fingerprint density at radius 1 is 1.24 bits per heavy atom. The zero-order chi connectivity index (χ0) is 16.0. The molecule has 0 radical (unpaired) electrons. The van der Waals surface area contributed by atoms with Gasteiger partial charge in [-0.3, -0.25) is 4.98 Å². The van der Waals surface area contributed by atoms with Crippen LogP contribution < -0.4 is 5.73 Å². The highest BCUT2D eigenvalue weighted by molar-refractivity contribution is 5.92. The predicted molar refractivity (Wildman–Crippen MR) is 69.6 cm³/mol. The van der Waals surface area contributed by atoms with Gasteiger partial charge in [-0.15, -0.1) is 0 Å². The number of hydrogen-bond acceptors (Lipinski definition) is 4. The van der Waals surface area contributed by atoms with Crippen molar-refractivity contribution in [1.29, 1.82) is 0 Å². The maximum atomic E-state index is 12.0. The molecule has 2 aromatic rings. The minimum absolute atomic E-state index is 0.446. The first-order valence-electron chi connectivity index (χ1n) is 5.66. The Balaban J connectivity index is 0.000000262. The fourth-order valence-corrected chi connectivity index (χ4v) is 1.26. The summed E-state index contributed by atoms with van der Waals surface area (Å²) in [6.07, 6.45) is -2.83.